The summed E-state index contributed by atoms with van der Waals surface area (Å²) in [6, 6.07) is 9.51. The number of benzene rings is 1. The standard InChI is InChI=1S/C11H6F2N/c12-11(13)7-8-3-1-5-10-9(8)4-2-6-14-10/h1,3-7H. The van der Waals surface area contributed by atoms with Crippen molar-refractivity contribution in [2.24, 2.45) is 0 Å². The van der Waals surface area contributed by atoms with E-state index in [0.717, 1.165) is 6.08 Å². The molecule has 14 heavy (non-hydrogen) atoms. The van der Waals surface area contributed by atoms with Crippen LogP contribution in [0.3, 0.4) is 0 Å². The predicted octanol–water partition coefficient (Wildman–Crippen LogP) is 3.27. The van der Waals surface area contributed by atoms with Gasteiger partial charge in [-0.3, -0.25) is 4.98 Å². The van der Waals surface area contributed by atoms with Crippen molar-refractivity contribution in [1.82, 2.24) is 4.98 Å². The number of halogens is 2. The van der Waals surface area contributed by atoms with E-state index in [1.807, 2.05) is 0 Å². The highest BCUT2D eigenvalue weighted by Crippen LogP contribution is 2.19. The normalized spacial score (nSPS) is 10.1. The molecule has 1 radical (unpaired) electrons. The Morgan fingerprint density at radius 2 is 2.21 bits per heavy atom. The van der Waals surface area contributed by atoms with Crippen molar-refractivity contribution in [3.63, 3.8) is 0 Å². The molecular weight excluding hydrogens is 184 g/mol. The zero-order valence-electron chi connectivity index (χ0n) is 7.17. The molecule has 0 N–H and O–H groups in total. The smallest absolute Gasteiger partial charge is 0.256 e. The van der Waals surface area contributed by atoms with Gasteiger partial charge in [-0.15, -0.1) is 0 Å². The summed E-state index contributed by atoms with van der Waals surface area (Å²) in [5.41, 5.74) is 1.16. The van der Waals surface area contributed by atoms with E-state index in [0.29, 0.717) is 16.5 Å². The summed E-state index contributed by atoms with van der Waals surface area (Å²) in [7, 11) is 0. The van der Waals surface area contributed by atoms with Crippen LogP contribution in [-0.2, 0) is 0 Å². The Kier molecular flexibility index (Phi) is 2.23. The van der Waals surface area contributed by atoms with Gasteiger partial charge in [0.2, 0.25) is 0 Å². The second kappa shape index (κ2) is 3.54. The maximum atomic E-state index is 12.1. The minimum Gasteiger partial charge on any atom is -0.256 e. The van der Waals surface area contributed by atoms with E-state index in [2.05, 4.69) is 11.1 Å². The summed E-state index contributed by atoms with van der Waals surface area (Å²) < 4.78 is 24.2. The molecule has 0 spiro atoms. The fourth-order valence-electron chi connectivity index (χ4n) is 1.31. The number of nitrogens with zero attached hydrogens (tertiary/aromatic N) is 1. The molecule has 0 aliphatic rings. The van der Waals surface area contributed by atoms with Gasteiger partial charge in [-0.05, 0) is 17.7 Å². The van der Waals surface area contributed by atoms with Crippen molar-refractivity contribution >= 4 is 17.0 Å². The molecule has 0 unspecified atom stereocenters. The number of fused-ring (bicyclic) bond motifs is 1. The maximum absolute atomic E-state index is 12.1. The topological polar surface area (TPSA) is 12.9 Å². The number of aromatic nitrogens is 1. The lowest BCUT2D eigenvalue weighted by Gasteiger charge is -1.99. The highest BCUT2D eigenvalue weighted by atomic mass is 19.3. The van der Waals surface area contributed by atoms with Crippen molar-refractivity contribution in [1.29, 1.82) is 0 Å². The van der Waals surface area contributed by atoms with Crippen LogP contribution in [0.1, 0.15) is 5.56 Å². The lowest BCUT2D eigenvalue weighted by Crippen LogP contribution is -1.81. The Bertz CT molecular complexity index is 482. The fourth-order valence-corrected chi connectivity index (χ4v) is 1.31. The molecule has 1 aromatic carbocycles. The Morgan fingerprint density at radius 1 is 1.36 bits per heavy atom. The minimum atomic E-state index is -1.71. The first kappa shape index (κ1) is 8.81. The first-order valence-corrected chi connectivity index (χ1v) is 4.05. The highest BCUT2D eigenvalue weighted by Gasteiger charge is 1.99. The molecule has 0 amide bonds. The molecule has 1 nitrogen and oxygen atoms in total. The van der Waals surface area contributed by atoms with Gasteiger partial charge in [0.1, 0.15) is 0 Å². The van der Waals surface area contributed by atoms with Gasteiger partial charge in [-0.2, -0.15) is 8.78 Å². The molecule has 0 atom stereocenters. The lowest BCUT2D eigenvalue weighted by molar-refractivity contribution is 0.429. The van der Waals surface area contributed by atoms with Gasteiger partial charge in [0.25, 0.3) is 6.08 Å². The van der Waals surface area contributed by atoms with Crippen LogP contribution in [-0.4, -0.2) is 4.98 Å². The molecule has 2 rings (SSSR count). The van der Waals surface area contributed by atoms with Crippen LogP contribution in [0, 0.1) is 6.07 Å². The van der Waals surface area contributed by atoms with Crippen LogP contribution >= 0.6 is 0 Å². The third-order valence-electron chi connectivity index (χ3n) is 1.89. The van der Waals surface area contributed by atoms with Crippen LogP contribution < -0.4 is 0 Å². The Labute approximate surface area is 79.7 Å². The molecule has 0 fully saturated rings. The summed E-state index contributed by atoms with van der Waals surface area (Å²) in [4.78, 5) is 4.02. The number of hydrogen-bond acceptors (Lipinski definition) is 1. The van der Waals surface area contributed by atoms with Crippen molar-refractivity contribution in [3.8, 4) is 0 Å². The minimum absolute atomic E-state index is 0.465. The van der Waals surface area contributed by atoms with Gasteiger partial charge < -0.3 is 0 Å². The summed E-state index contributed by atoms with van der Waals surface area (Å²) in [5, 5.41) is 0.683. The third-order valence-corrected chi connectivity index (χ3v) is 1.89. The molecule has 0 saturated heterocycles. The Balaban J connectivity index is 2.71. The lowest BCUT2D eigenvalue weighted by atomic mass is 10.1. The summed E-state index contributed by atoms with van der Waals surface area (Å²) in [6.45, 7) is 0. The average Bonchev–Trinajstić information content (AvgIpc) is 2.18. The van der Waals surface area contributed by atoms with Crippen LogP contribution in [0.25, 0.3) is 17.0 Å². The molecule has 0 bridgehead atoms. The number of hydrogen-bond donors (Lipinski definition) is 0. The van der Waals surface area contributed by atoms with E-state index in [4.69, 9.17) is 0 Å². The van der Waals surface area contributed by atoms with Gasteiger partial charge in [-0.1, -0.05) is 12.1 Å². The molecular formula is C11H6F2N. The van der Waals surface area contributed by atoms with E-state index in [9.17, 15) is 8.78 Å². The fraction of sp³-hybridized carbons (Fsp3) is 0. The second-order valence-corrected chi connectivity index (χ2v) is 2.78. The average molecular weight is 190 g/mol. The van der Waals surface area contributed by atoms with E-state index in [1.54, 1.807) is 24.3 Å². The molecule has 3 heteroatoms. The third kappa shape index (κ3) is 1.62. The van der Waals surface area contributed by atoms with Crippen LogP contribution in [0.15, 0.2) is 36.5 Å². The van der Waals surface area contributed by atoms with Crippen LogP contribution in [0.2, 0.25) is 0 Å². The van der Waals surface area contributed by atoms with Crippen molar-refractivity contribution in [3.05, 3.63) is 48.2 Å². The van der Waals surface area contributed by atoms with E-state index in [-0.39, 0.29) is 0 Å². The summed E-state index contributed by atoms with van der Waals surface area (Å²) in [6.07, 6.45) is 0.640. The molecule has 2 aromatic rings. The van der Waals surface area contributed by atoms with Crippen LogP contribution in [0.5, 0.6) is 0 Å². The molecule has 1 heterocycles. The SMILES string of the molecule is FC(F)=Cc1cccc2nc[c]cc12. The highest BCUT2D eigenvalue weighted by molar-refractivity contribution is 5.87. The van der Waals surface area contributed by atoms with Crippen molar-refractivity contribution in [2.75, 3.05) is 0 Å². The molecule has 69 valence electrons. The maximum Gasteiger partial charge on any atom is 0.270 e. The Hall–Kier alpha value is -1.77. The summed E-state index contributed by atoms with van der Waals surface area (Å²) >= 11 is 0. The first-order valence-electron chi connectivity index (χ1n) is 4.05. The molecule has 0 saturated carbocycles. The second-order valence-electron chi connectivity index (χ2n) is 2.78. The van der Waals surface area contributed by atoms with Gasteiger partial charge >= 0.3 is 0 Å². The quantitative estimate of drug-likeness (QED) is 0.672. The van der Waals surface area contributed by atoms with Gasteiger partial charge in [0.15, 0.2) is 0 Å². The number of rotatable bonds is 1. The largest absolute Gasteiger partial charge is 0.270 e. The monoisotopic (exact) mass is 190 g/mol. The predicted molar refractivity (Wildman–Crippen MR) is 50.8 cm³/mol. The summed E-state index contributed by atoms with van der Waals surface area (Å²) in [5.74, 6) is 0. The Morgan fingerprint density at radius 3 is 3.00 bits per heavy atom. The van der Waals surface area contributed by atoms with Crippen LogP contribution in [0.4, 0.5) is 8.78 Å². The van der Waals surface area contributed by atoms with E-state index < -0.39 is 6.08 Å². The zero-order valence-corrected chi connectivity index (χ0v) is 7.17. The molecule has 1 aromatic heterocycles. The van der Waals surface area contributed by atoms with Crippen molar-refractivity contribution < 1.29 is 8.78 Å². The van der Waals surface area contributed by atoms with Gasteiger partial charge in [-0.25, -0.2) is 0 Å². The van der Waals surface area contributed by atoms with Gasteiger partial charge in [0.05, 0.1) is 5.52 Å². The number of pyridine rings is 1. The van der Waals surface area contributed by atoms with E-state index >= 15 is 0 Å². The molecule has 0 aliphatic carbocycles. The van der Waals surface area contributed by atoms with Crippen molar-refractivity contribution in [2.45, 2.75) is 0 Å². The zero-order chi connectivity index (χ0) is 9.97. The van der Waals surface area contributed by atoms with E-state index in [1.165, 1.54) is 6.20 Å². The van der Waals surface area contributed by atoms with Gasteiger partial charge in [0, 0.05) is 23.7 Å². The first-order chi connectivity index (χ1) is 6.77. The molecule has 0 aliphatic heterocycles.